The van der Waals surface area contributed by atoms with Crippen LogP contribution in [0.4, 0.5) is 22.0 Å². The lowest BCUT2D eigenvalue weighted by atomic mass is 9.99. The van der Waals surface area contributed by atoms with E-state index in [-0.39, 0.29) is 29.5 Å². The Morgan fingerprint density at radius 1 is 1.08 bits per heavy atom. The molecule has 0 spiro atoms. The second-order valence-electron chi connectivity index (χ2n) is 12.8. The Morgan fingerprint density at radius 3 is 2.48 bits per heavy atom. The average Bonchev–Trinajstić information content (AvgIpc) is 3.50. The molecule has 0 saturated carbocycles. The number of nitrogen functional groups attached to an aromatic ring is 1. The van der Waals surface area contributed by atoms with E-state index in [1.54, 1.807) is 48.7 Å². The number of hydrogen-bond acceptors (Lipinski definition) is 12. The fourth-order valence-corrected chi connectivity index (χ4v) is 7.53. The molecule has 0 bridgehead atoms. The third-order valence-corrected chi connectivity index (χ3v) is 10.9. The summed E-state index contributed by atoms with van der Waals surface area (Å²) in [5.41, 5.74) is 6.47. The van der Waals surface area contributed by atoms with Crippen molar-refractivity contribution >= 4 is 49.9 Å². The number of aromatic nitrogens is 1. The number of pyridine rings is 1. The van der Waals surface area contributed by atoms with E-state index in [0.29, 0.717) is 40.6 Å². The molecule has 3 aromatic carbocycles. The van der Waals surface area contributed by atoms with Gasteiger partial charge in [-0.05, 0) is 88.0 Å². The topological polar surface area (TPSA) is 214 Å². The summed E-state index contributed by atoms with van der Waals surface area (Å²) in [6.07, 6.45) is -1.52. The minimum Gasteiger partial charge on any atom is -0.490 e. The Morgan fingerprint density at radius 2 is 1.83 bits per heavy atom. The Labute approximate surface area is 300 Å². The Balaban J connectivity index is 1.69. The van der Waals surface area contributed by atoms with E-state index >= 15 is 4.79 Å². The fourth-order valence-electron chi connectivity index (χ4n) is 6.26. The van der Waals surface area contributed by atoms with E-state index in [1.807, 2.05) is 20.8 Å². The first-order chi connectivity index (χ1) is 24.6. The van der Waals surface area contributed by atoms with Crippen LogP contribution in [-0.2, 0) is 19.4 Å². The molecule has 52 heavy (non-hydrogen) atoms. The number of carboxylic acid groups (broad SMARTS) is 1. The number of likely N-dealkylation sites (tertiary alicyclic amines) is 1. The highest BCUT2D eigenvalue weighted by Crippen LogP contribution is 2.43. The lowest BCUT2D eigenvalue weighted by molar-refractivity contribution is -0.385. The Kier molecular flexibility index (Phi) is 11.1. The molecular weight excluding hydrogens is 694 g/mol. The third-order valence-electron chi connectivity index (χ3n) is 8.64. The van der Waals surface area contributed by atoms with Crippen LogP contribution in [-0.4, -0.2) is 71.0 Å². The molecule has 0 radical (unpaired) electrons. The number of nitrogens with one attached hydrogen (secondary N) is 1. The number of fused-ring (bicyclic) bond motifs is 1. The Bertz CT molecular complexity index is 2110. The summed E-state index contributed by atoms with van der Waals surface area (Å²) in [5, 5.41) is 25.4. The highest BCUT2D eigenvalue weighted by Gasteiger charge is 2.46. The molecule has 5 rings (SSSR count). The van der Waals surface area contributed by atoms with E-state index in [2.05, 4.69) is 10.3 Å². The van der Waals surface area contributed by atoms with E-state index < -0.39 is 55.9 Å². The molecule has 16 heteroatoms. The van der Waals surface area contributed by atoms with Crippen LogP contribution in [0.1, 0.15) is 64.3 Å². The maximum absolute atomic E-state index is 15.0. The van der Waals surface area contributed by atoms with E-state index in [9.17, 15) is 28.4 Å². The number of rotatable bonds is 13. The molecule has 1 saturated heterocycles. The van der Waals surface area contributed by atoms with Gasteiger partial charge in [-0.1, -0.05) is 6.07 Å². The van der Waals surface area contributed by atoms with Crippen LogP contribution in [0.15, 0.2) is 71.8 Å². The standard InChI is InChI=1S/C36H41N5O10S/c1-6-49-30-18-23(7-11-28(30)50-20(2)3)32(39-24-8-10-26-22(17-24)13-15-38-34(26)37)35(42)40-16-14-29(51-36(43)44)33(40)27-19-25(41(45)46)9-12-31(27)52(47,48)21(4)5/h7-13,15,17-21,29,32-33,39H,6,14,16H2,1-5H3,(H2,37,38)(H,43,44). The zero-order chi connectivity index (χ0) is 37.9. The number of sulfone groups is 1. The van der Waals surface area contributed by atoms with Crippen LogP contribution < -0.4 is 20.5 Å². The molecular formula is C36H41N5O10S. The van der Waals surface area contributed by atoms with Gasteiger partial charge in [0.05, 0.1) is 33.8 Å². The van der Waals surface area contributed by atoms with Crippen molar-refractivity contribution in [3.63, 3.8) is 0 Å². The summed E-state index contributed by atoms with van der Waals surface area (Å²) in [5.74, 6) is 0.566. The van der Waals surface area contributed by atoms with Crippen molar-refractivity contribution in [2.24, 2.45) is 0 Å². The van der Waals surface area contributed by atoms with Gasteiger partial charge in [0, 0.05) is 47.9 Å². The average molecular weight is 736 g/mol. The molecule has 4 N–H and O–H groups in total. The molecule has 3 unspecified atom stereocenters. The van der Waals surface area contributed by atoms with Crippen LogP contribution in [0.25, 0.3) is 10.8 Å². The zero-order valence-electron chi connectivity index (χ0n) is 29.3. The number of carbonyl (C=O) groups is 2. The molecule has 2 heterocycles. The number of ether oxygens (including phenoxy) is 3. The van der Waals surface area contributed by atoms with Gasteiger partial charge >= 0.3 is 6.16 Å². The molecule has 4 aromatic rings. The number of nitrogens with two attached hydrogens (primary N) is 1. The predicted octanol–water partition coefficient (Wildman–Crippen LogP) is 6.28. The van der Waals surface area contributed by atoms with Crippen molar-refractivity contribution < 1.29 is 42.2 Å². The number of nitrogens with zero attached hydrogens (tertiary/aromatic N) is 3. The minimum atomic E-state index is -4.09. The zero-order valence-corrected chi connectivity index (χ0v) is 30.1. The summed E-state index contributed by atoms with van der Waals surface area (Å²) in [7, 11) is -4.09. The number of carbonyl (C=O) groups excluding carboxylic acids is 1. The second-order valence-corrected chi connectivity index (χ2v) is 15.2. The molecule has 15 nitrogen and oxygen atoms in total. The van der Waals surface area contributed by atoms with Gasteiger partial charge in [0.15, 0.2) is 21.3 Å². The number of amides is 1. The summed E-state index contributed by atoms with van der Waals surface area (Å²) in [4.78, 5) is 43.3. The summed E-state index contributed by atoms with van der Waals surface area (Å²) in [6.45, 7) is 8.69. The van der Waals surface area contributed by atoms with Crippen LogP contribution in [0.3, 0.4) is 0 Å². The van der Waals surface area contributed by atoms with Crippen molar-refractivity contribution in [1.29, 1.82) is 0 Å². The van der Waals surface area contributed by atoms with Gasteiger partial charge in [-0.3, -0.25) is 14.9 Å². The quantitative estimate of drug-likeness (QED) is 0.0784. The molecule has 1 aliphatic rings. The van der Waals surface area contributed by atoms with Crippen LogP contribution >= 0.6 is 0 Å². The molecule has 1 amide bonds. The van der Waals surface area contributed by atoms with Gasteiger partial charge in [0.25, 0.3) is 5.69 Å². The number of nitro groups is 1. The first-order valence-corrected chi connectivity index (χ1v) is 18.2. The van der Waals surface area contributed by atoms with Gasteiger partial charge in [-0.25, -0.2) is 18.2 Å². The summed E-state index contributed by atoms with van der Waals surface area (Å²) < 4.78 is 44.4. The van der Waals surface area contributed by atoms with Gasteiger partial charge in [0.2, 0.25) is 5.91 Å². The van der Waals surface area contributed by atoms with Gasteiger partial charge in [0.1, 0.15) is 18.0 Å². The van der Waals surface area contributed by atoms with Gasteiger partial charge < -0.3 is 35.3 Å². The monoisotopic (exact) mass is 735 g/mol. The highest BCUT2D eigenvalue weighted by atomic mass is 32.2. The molecule has 0 aliphatic carbocycles. The number of non-ortho nitro benzene ring substituents is 1. The van der Waals surface area contributed by atoms with Crippen molar-refractivity contribution in [3.8, 4) is 11.5 Å². The lowest BCUT2D eigenvalue weighted by Crippen LogP contribution is -2.40. The minimum absolute atomic E-state index is 0.00705. The van der Waals surface area contributed by atoms with Crippen molar-refractivity contribution in [2.45, 2.75) is 75.5 Å². The van der Waals surface area contributed by atoms with Crippen molar-refractivity contribution in [2.75, 3.05) is 24.2 Å². The predicted molar refractivity (Wildman–Crippen MR) is 193 cm³/mol. The van der Waals surface area contributed by atoms with Gasteiger partial charge in [-0.2, -0.15) is 0 Å². The third kappa shape index (κ3) is 7.81. The largest absolute Gasteiger partial charge is 0.506 e. The normalized spacial score (nSPS) is 16.6. The van der Waals surface area contributed by atoms with Crippen LogP contribution in [0.2, 0.25) is 0 Å². The lowest BCUT2D eigenvalue weighted by Gasteiger charge is -2.33. The van der Waals surface area contributed by atoms with Crippen LogP contribution in [0.5, 0.6) is 11.5 Å². The molecule has 3 atom stereocenters. The molecule has 1 aliphatic heterocycles. The Hall–Kier alpha value is -5.64. The highest BCUT2D eigenvalue weighted by molar-refractivity contribution is 7.92. The second kappa shape index (κ2) is 15.3. The maximum atomic E-state index is 15.0. The smallest absolute Gasteiger partial charge is 0.490 e. The first-order valence-electron chi connectivity index (χ1n) is 16.7. The molecule has 1 fully saturated rings. The first kappa shape index (κ1) is 37.6. The van der Waals surface area contributed by atoms with Crippen molar-refractivity contribution in [3.05, 3.63) is 88.1 Å². The number of benzene rings is 3. The number of hydrogen-bond donors (Lipinski definition) is 3. The summed E-state index contributed by atoms with van der Waals surface area (Å²) in [6, 6.07) is 12.8. The maximum Gasteiger partial charge on any atom is 0.506 e. The van der Waals surface area contributed by atoms with E-state index in [0.717, 1.165) is 23.6 Å². The van der Waals surface area contributed by atoms with Crippen LogP contribution in [0, 0.1) is 10.1 Å². The van der Waals surface area contributed by atoms with E-state index in [1.165, 1.54) is 18.7 Å². The fraction of sp³-hybridized carbons (Fsp3) is 0.361. The SMILES string of the molecule is CCOc1cc(C(Nc2ccc3c(N)nccc3c2)C(=O)N2CCC(OC(=O)O)C2c2cc([N+](=O)[O-])ccc2S(=O)(=O)C(C)C)ccc1OC(C)C. The molecule has 276 valence electrons. The van der Waals surface area contributed by atoms with Gasteiger partial charge in [-0.15, -0.1) is 0 Å². The van der Waals surface area contributed by atoms with Crippen molar-refractivity contribution in [1.82, 2.24) is 9.88 Å². The number of nitro benzene ring substituents is 1. The molecule has 1 aromatic heterocycles. The van der Waals surface area contributed by atoms with E-state index in [4.69, 9.17) is 19.9 Å². The summed E-state index contributed by atoms with van der Waals surface area (Å²) >= 11 is 0. The number of anilines is 2.